The molecule has 0 saturated heterocycles. The molecule has 0 unspecified atom stereocenters. The number of nitrogens with zero attached hydrogens (tertiary/aromatic N) is 2. The lowest BCUT2D eigenvalue weighted by Gasteiger charge is -2.18. The Morgan fingerprint density at radius 1 is 1.06 bits per heavy atom. The van der Waals surface area contributed by atoms with E-state index in [0.717, 1.165) is 17.7 Å². The van der Waals surface area contributed by atoms with E-state index >= 15 is 0 Å². The lowest BCUT2D eigenvalue weighted by molar-refractivity contribution is 0.0990. The van der Waals surface area contributed by atoms with Crippen LogP contribution in [0.25, 0.3) is 0 Å². The summed E-state index contributed by atoms with van der Waals surface area (Å²) in [6.07, 6.45) is 1.13. The smallest absolute Gasteiger partial charge is 0.322 e. The quantitative estimate of drug-likeness (QED) is 0.519. The van der Waals surface area contributed by atoms with Gasteiger partial charge in [-0.3, -0.25) is 4.79 Å². The Morgan fingerprint density at radius 2 is 1.76 bits per heavy atom. The van der Waals surface area contributed by atoms with Crippen LogP contribution >= 0.6 is 0 Å². The van der Waals surface area contributed by atoms with Crippen molar-refractivity contribution in [2.24, 2.45) is 0 Å². The first-order valence-corrected chi connectivity index (χ1v) is 13.7. The summed E-state index contributed by atoms with van der Waals surface area (Å²) in [4.78, 5) is 21.0. The number of aromatic nitrogens is 2. The molecule has 1 amide bonds. The first-order chi connectivity index (χ1) is 15.7. The maximum absolute atomic E-state index is 12.8. The van der Waals surface area contributed by atoms with Crippen LogP contribution in [0.1, 0.15) is 21.7 Å². The zero-order valence-corrected chi connectivity index (χ0v) is 20.6. The van der Waals surface area contributed by atoms with Gasteiger partial charge in [0.25, 0.3) is 11.9 Å². The summed E-state index contributed by atoms with van der Waals surface area (Å²) in [5, 5.41) is 4.09. The minimum Gasteiger partial charge on any atom is -0.479 e. The number of aryl methyl sites for hydroxylation is 2. The Morgan fingerprint density at radius 3 is 2.39 bits per heavy atom. The molecule has 3 heterocycles. The van der Waals surface area contributed by atoms with Gasteiger partial charge >= 0.3 is 6.01 Å². The standard InChI is InChI=1S/C23H27N3O6Si/c1-13-11-14-9-10-33(5,6)17(14)12-16(13)32-18-8-7-15(31-18)20(27)24-19-21(28-2)25-23(30-4)26-22(19)29-3/h7-8,11-12H,9-10H2,1-6H3,(H,24,27). The lowest BCUT2D eigenvalue weighted by Crippen LogP contribution is -2.37. The van der Waals surface area contributed by atoms with Crippen LogP contribution in [0.3, 0.4) is 0 Å². The summed E-state index contributed by atoms with van der Waals surface area (Å²) < 4.78 is 27.2. The predicted molar refractivity (Wildman–Crippen MR) is 125 cm³/mol. The molecule has 0 atom stereocenters. The van der Waals surface area contributed by atoms with Crippen molar-refractivity contribution in [2.45, 2.75) is 32.5 Å². The zero-order valence-electron chi connectivity index (χ0n) is 19.6. The molecule has 0 bridgehead atoms. The van der Waals surface area contributed by atoms with Crippen LogP contribution in [-0.4, -0.2) is 45.3 Å². The van der Waals surface area contributed by atoms with Crippen LogP contribution in [0.5, 0.6) is 29.5 Å². The molecule has 4 rings (SSSR count). The van der Waals surface area contributed by atoms with Gasteiger partial charge in [0.1, 0.15) is 5.75 Å². The van der Waals surface area contributed by atoms with Gasteiger partial charge in [0, 0.05) is 6.07 Å². The van der Waals surface area contributed by atoms with Gasteiger partial charge in [0.05, 0.1) is 29.4 Å². The number of fused-ring (bicyclic) bond motifs is 1. The van der Waals surface area contributed by atoms with E-state index in [1.165, 1.54) is 44.2 Å². The molecule has 0 spiro atoms. The van der Waals surface area contributed by atoms with Crippen LogP contribution in [0.4, 0.5) is 5.69 Å². The number of hydrogen-bond acceptors (Lipinski definition) is 8. The Bertz CT molecular complexity index is 1180. The molecule has 174 valence electrons. The number of rotatable bonds is 7. The molecule has 10 heteroatoms. The lowest BCUT2D eigenvalue weighted by atomic mass is 10.1. The van der Waals surface area contributed by atoms with Crippen molar-refractivity contribution in [2.75, 3.05) is 26.6 Å². The number of carbonyl (C=O) groups excluding carboxylic acids is 1. The van der Waals surface area contributed by atoms with Crippen molar-refractivity contribution < 1.29 is 28.2 Å². The Balaban J connectivity index is 1.55. The van der Waals surface area contributed by atoms with Crippen LogP contribution in [0.2, 0.25) is 19.1 Å². The summed E-state index contributed by atoms with van der Waals surface area (Å²) in [6, 6.07) is 8.78. The molecule has 1 N–H and O–H groups in total. The molecule has 2 aromatic heterocycles. The first kappa shape index (κ1) is 22.7. The molecule has 0 radical (unpaired) electrons. The van der Waals surface area contributed by atoms with Crippen molar-refractivity contribution in [3.05, 3.63) is 41.2 Å². The Hall–Kier alpha value is -3.53. The molecule has 1 aromatic carbocycles. The number of carbonyl (C=O) groups is 1. The van der Waals surface area contributed by atoms with E-state index in [2.05, 4.69) is 40.5 Å². The topological polar surface area (TPSA) is 105 Å². The second-order valence-electron chi connectivity index (χ2n) is 8.44. The third-order valence-corrected chi connectivity index (χ3v) is 9.22. The van der Waals surface area contributed by atoms with Crippen LogP contribution < -0.4 is 29.5 Å². The molecular formula is C23H27N3O6Si. The van der Waals surface area contributed by atoms with Crippen molar-refractivity contribution in [1.29, 1.82) is 0 Å². The van der Waals surface area contributed by atoms with Gasteiger partial charge in [-0.2, -0.15) is 9.97 Å². The maximum atomic E-state index is 12.8. The van der Waals surface area contributed by atoms with Crippen LogP contribution in [0.15, 0.2) is 28.7 Å². The monoisotopic (exact) mass is 469 g/mol. The van der Waals surface area contributed by atoms with E-state index in [9.17, 15) is 4.79 Å². The largest absolute Gasteiger partial charge is 0.479 e. The van der Waals surface area contributed by atoms with Crippen molar-refractivity contribution in [3.63, 3.8) is 0 Å². The number of methoxy groups -OCH3 is 3. The van der Waals surface area contributed by atoms with E-state index in [1.54, 1.807) is 6.07 Å². The molecule has 33 heavy (non-hydrogen) atoms. The predicted octanol–water partition coefficient (Wildman–Crippen LogP) is 3.92. The first-order valence-electron chi connectivity index (χ1n) is 10.5. The maximum Gasteiger partial charge on any atom is 0.322 e. The number of ether oxygens (including phenoxy) is 4. The zero-order chi connectivity index (χ0) is 23.8. The summed E-state index contributed by atoms with van der Waals surface area (Å²) in [5.41, 5.74) is 2.61. The highest BCUT2D eigenvalue weighted by atomic mass is 28.3. The number of benzene rings is 1. The average Bonchev–Trinajstić information content (AvgIpc) is 3.38. The number of hydrogen-bond donors (Lipinski definition) is 1. The van der Waals surface area contributed by atoms with Gasteiger partial charge in [-0.1, -0.05) is 24.3 Å². The highest BCUT2D eigenvalue weighted by Crippen LogP contribution is 2.35. The molecule has 1 aliphatic rings. The van der Waals surface area contributed by atoms with Crippen molar-refractivity contribution in [3.8, 4) is 29.5 Å². The SMILES string of the molecule is COc1nc(OC)c(NC(=O)c2ccc(Oc3cc4c(cc3C)CC[Si]4(C)C)o2)c(OC)n1. The minimum absolute atomic E-state index is 0.0475. The summed E-state index contributed by atoms with van der Waals surface area (Å²) in [5.74, 6) is 0.675. The molecule has 3 aromatic rings. The summed E-state index contributed by atoms with van der Waals surface area (Å²) >= 11 is 0. The number of amides is 1. The highest BCUT2D eigenvalue weighted by Gasteiger charge is 2.32. The van der Waals surface area contributed by atoms with E-state index in [1.807, 2.05) is 6.92 Å². The molecule has 9 nitrogen and oxygen atoms in total. The second-order valence-corrected chi connectivity index (χ2v) is 13.2. The molecule has 1 aliphatic heterocycles. The van der Waals surface area contributed by atoms with Crippen molar-refractivity contribution in [1.82, 2.24) is 9.97 Å². The third-order valence-electron chi connectivity index (χ3n) is 5.79. The number of anilines is 1. The van der Waals surface area contributed by atoms with Gasteiger partial charge in [-0.15, -0.1) is 0 Å². The Labute approximate surface area is 193 Å². The highest BCUT2D eigenvalue weighted by molar-refractivity contribution is 6.91. The van der Waals surface area contributed by atoms with Gasteiger partial charge in [-0.25, -0.2) is 0 Å². The molecule has 0 fully saturated rings. The van der Waals surface area contributed by atoms with E-state index in [4.69, 9.17) is 23.4 Å². The average molecular weight is 470 g/mol. The van der Waals surface area contributed by atoms with Gasteiger partial charge in [0.2, 0.25) is 11.8 Å². The van der Waals surface area contributed by atoms with E-state index in [0.29, 0.717) is 0 Å². The fraction of sp³-hybridized carbons (Fsp3) is 0.348. The number of furan rings is 1. The van der Waals surface area contributed by atoms with E-state index in [-0.39, 0.29) is 35.2 Å². The number of nitrogens with one attached hydrogen (secondary N) is 1. The van der Waals surface area contributed by atoms with Crippen LogP contribution in [-0.2, 0) is 6.42 Å². The summed E-state index contributed by atoms with van der Waals surface area (Å²) in [6.45, 7) is 6.76. The third kappa shape index (κ3) is 4.38. The molecular weight excluding hydrogens is 442 g/mol. The molecule has 0 saturated carbocycles. The minimum atomic E-state index is -1.43. The molecule has 0 aliphatic carbocycles. The van der Waals surface area contributed by atoms with E-state index < -0.39 is 14.0 Å². The van der Waals surface area contributed by atoms with Gasteiger partial charge in [-0.05, 0) is 42.6 Å². The van der Waals surface area contributed by atoms with Crippen molar-refractivity contribution >= 4 is 24.9 Å². The fourth-order valence-corrected chi connectivity index (χ4v) is 6.70. The normalized spacial score (nSPS) is 13.9. The van der Waals surface area contributed by atoms with Gasteiger partial charge in [0.15, 0.2) is 11.4 Å². The fourth-order valence-electron chi connectivity index (χ4n) is 3.95. The van der Waals surface area contributed by atoms with Crippen LogP contribution in [0, 0.1) is 6.92 Å². The summed E-state index contributed by atoms with van der Waals surface area (Å²) in [7, 11) is 2.82. The van der Waals surface area contributed by atoms with Gasteiger partial charge < -0.3 is 28.7 Å². The second kappa shape index (κ2) is 8.78. The Kier molecular flexibility index (Phi) is 6.02.